The van der Waals surface area contributed by atoms with Crippen molar-refractivity contribution >= 4 is 17.6 Å². The largest absolute Gasteiger partial charge is 0.497 e. The van der Waals surface area contributed by atoms with Crippen LogP contribution in [0.2, 0.25) is 0 Å². The molecule has 0 amide bonds. The predicted molar refractivity (Wildman–Crippen MR) is 75.6 cm³/mol. The third-order valence-corrected chi connectivity index (χ3v) is 3.15. The lowest BCUT2D eigenvalue weighted by Gasteiger charge is -2.32. The summed E-state index contributed by atoms with van der Waals surface area (Å²) in [5.41, 5.74) is 0.495. The lowest BCUT2D eigenvalue weighted by Crippen LogP contribution is -2.43. The number of ether oxygens (including phenoxy) is 3. The molecule has 1 N–H and O–H groups in total. The van der Waals surface area contributed by atoms with Crippen molar-refractivity contribution in [1.29, 1.82) is 0 Å². The second kappa shape index (κ2) is 5.87. The molecule has 6 heteroatoms. The predicted octanol–water partition coefficient (Wildman–Crippen LogP) is 2.22. The Morgan fingerprint density at radius 3 is 2.52 bits per heavy atom. The number of cyclic esters (lactones) is 2. The zero-order valence-electron chi connectivity index (χ0n) is 12.1. The maximum Gasteiger partial charge on any atom is 0.350 e. The van der Waals surface area contributed by atoms with Crippen LogP contribution < -0.4 is 10.1 Å². The lowest BCUT2D eigenvalue weighted by atomic mass is 10.2. The van der Waals surface area contributed by atoms with Crippen LogP contribution in [0.5, 0.6) is 5.75 Å². The van der Waals surface area contributed by atoms with Crippen LogP contribution in [0, 0.1) is 0 Å². The quantitative estimate of drug-likeness (QED) is 0.521. The molecule has 1 aromatic carbocycles. The topological polar surface area (TPSA) is 73.9 Å². The van der Waals surface area contributed by atoms with Crippen molar-refractivity contribution < 1.29 is 23.8 Å². The molecular formula is C15H17NO5. The van der Waals surface area contributed by atoms with E-state index in [1.54, 1.807) is 45.2 Å². The Balaban J connectivity index is 2.14. The summed E-state index contributed by atoms with van der Waals surface area (Å²) in [5.74, 6) is -1.94. The number of methoxy groups -OCH3 is 1. The first-order chi connectivity index (χ1) is 9.97. The monoisotopic (exact) mass is 291 g/mol. The minimum Gasteiger partial charge on any atom is -0.497 e. The van der Waals surface area contributed by atoms with E-state index in [4.69, 9.17) is 14.2 Å². The molecule has 6 nitrogen and oxygen atoms in total. The first-order valence-electron chi connectivity index (χ1n) is 6.55. The van der Waals surface area contributed by atoms with Gasteiger partial charge in [-0.2, -0.15) is 0 Å². The van der Waals surface area contributed by atoms with Gasteiger partial charge < -0.3 is 19.5 Å². The number of benzene rings is 1. The van der Waals surface area contributed by atoms with Gasteiger partial charge in [-0.3, -0.25) is 0 Å². The van der Waals surface area contributed by atoms with Gasteiger partial charge >= 0.3 is 11.9 Å². The van der Waals surface area contributed by atoms with Crippen LogP contribution in [0.1, 0.15) is 20.3 Å². The SMILES string of the molecule is CCC1(C)OC(=O)C(=CNc2cccc(OC)c2)C(=O)O1. The first-order valence-corrected chi connectivity index (χ1v) is 6.55. The number of anilines is 1. The van der Waals surface area contributed by atoms with E-state index in [2.05, 4.69) is 5.32 Å². The Morgan fingerprint density at radius 1 is 1.29 bits per heavy atom. The maximum atomic E-state index is 11.9. The average Bonchev–Trinajstić information content (AvgIpc) is 2.46. The van der Waals surface area contributed by atoms with Gasteiger partial charge in [-0.25, -0.2) is 9.59 Å². The van der Waals surface area contributed by atoms with Crippen LogP contribution in [-0.2, 0) is 19.1 Å². The van der Waals surface area contributed by atoms with Gasteiger partial charge in [-0.1, -0.05) is 13.0 Å². The zero-order valence-corrected chi connectivity index (χ0v) is 12.1. The third kappa shape index (κ3) is 3.34. The molecule has 1 fully saturated rings. The highest BCUT2D eigenvalue weighted by Crippen LogP contribution is 2.26. The second-order valence-electron chi connectivity index (χ2n) is 4.70. The molecule has 2 rings (SSSR count). The first kappa shape index (κ1) is 14.9. The van der Waals surface area contributed by atoms with E-state index in [1.165, 1.54) is 6.20 Å². The smallest absolute Gasteiger partial charge is 0.350 e. The van der Waals surface area contributed by atoms with E-state index < -0.39 is 17.7 Å². The van der Waals surface area contributed by atoms with Gasteiger partial charge in [0.2, 0.25) is 0 Å². The third-order valence-electron chi connectivity index (χ3n) is 3.15. The van der Waals surface area contributed by atoms with E-state index in [0.717, 1.165) is 0 Å². The standard InChI is InChI=1S/C15H17NO5/c1-4-15(2)20-13(17)12(14(18)21-15)9-16-10-6-5-7-11(8-10)19-3/h5-9,16H,4H2,1-3H3. The Morgan fingerprint density at radius 2 is 1.95 bits per heavy atom. The van der Waals surface area contributed by atoms with Crippen molar-refractivity contribution in [2.45, 2.75) is 26.1 Å². The van der Waals surface area contributed by atoms with Gasteiger partial charge in [0, 0.05) is 31.3 Å². The number of hydrogen-bond acceptors (Lipinski definition) is 6. The second-order valence-corrected chi connectivity index (χ2v) is 4.70. The molecule has 0 radical (unpaired) electrons. The number of rotatable bonds is 4. The van der Waals surface area contributed by atoms with Crippen molar-refractivity contribution in [2.75, 3.05) is 12.4 Å². The van der Waals surface area contributed by atoms with Crippen molar-refractivity contribution in [3.63, 3.8) is 0 Å². The van der Waals surface area contributed by atoms with E-state index in [-0.39, 0.29) is 5.57 Å². The van der Waals surface area contributed by atoms with Gasteiger partial charge in [-0.05, 0) is 12.1 Å². The highest BCUT2D eigenvalue weighted by atomic mass is 16.7. The maximum absolute atomic E-state index is 11.9. The summed E-state index contributed by atoms with van der Waals surface area (Å²) in [6.45, 7) is 3.32. The number of carbonyl (C=O) groups is 2. The summed E-state index contributed by atoms with van der Waals surface area (Å²) in [6.07, 6.45) is 1.66. The Bertz CT molecular complexity index is 573. The zero-order chi connectivity index (χ0) is 15.5. The summed E-state index contributed by atoms with van der Waals surface area (Å²) < 4.78 is 15.3. The van der Waals surface area contributed by atoms with Crippen LogP contribution >= 0.6 is 0 Å². The summed E-state index contributed by atoms with van der Waals surface area (Å²) in [5, 5.41) is 2.85. The highest BCUT2D eigenvalue weighted by Gasteiger charge is 2.41. The molecule has 0 aliphatic carbocycles. The van der Waals surface area contributed by atoms with Gasteiger partial charge in [0.25, 0.3) is 5.79 Å². The minimum absolute atomic E-state index is 0.177. The Labute approximate surface area is 122 Å². The molecule has 0 bridgehead atoms. The molecule has 1 aliphatic heterocycles. The molecular weight excluding hydrogens is 274 g/mol. The minimum atomic E-state index is -1.19. The lowest BCUT2D eigenvalue weighted by molar-refractivity contribution is -0.229. The van der Waals surface area contributed by atoms with Crippen LogP contribution in [0.15, 0.2) is 36.0 Å². The summed E-state index contributed by atoms with van der Waals surface area (Å²) >= 11 is 0. The van der Waals surface area contributed by atoms with Gasteiger partial charge in [0.1, 0.15) is 5.75 Å². The van der Waals surface area contributed by atoms with E-state index in [1.807, 2.05) is 0 Å². The number of esters is 2. The molecule has 112 valence electrons. The van der Waals surface area contributed by atoms with Crippen LogP contribution in [-0.4, -0.2) is 24.8 Å². The molecule has 1 saturated heterocycles. The normalized spacial score (nSPS) is 21.4. The molecule has 1 aromatic rings. The molecule has 0 atom stereocenters. The molecule has 0 aromatic heterocycles. The number of carbonyl (C=O) groups excluding carboxylic acids is 2. The molecule has 21 heavy (non-hydrogen) atoms. The Hall–Kier alpha value is -2.50. The summed E-state index contributed by atoms with van der Waals surface area (Å²) in [4.78, 5) is 23.7. The fourth-order valence-corrected chi connectivity index (χ4v) is 1.74. The van der Waals surface area contributed by atoms with Crippen molar-refractivity contribution in [3.8, 4) is 5.75 Å². The molecule has 0 unspecified atom stereocenters. The molecule has 0 spiro atoms. The molecule has 1 aliphatic rings. The Kier molecular flexibility index (Phi) is 4.16. The van der Waals surface area contributed by atoms with Crippen LogP contribution in [0.3, 0.4) is 0 Å². The van der Waals surface area contributed by atoms with Crippen molar-refractivity contribution in [3.05, 3.63) is 36.0 Å². The van der Waals surface area contributed by atoms with Crippen LogP contribution in [0.4, 0.5) is 5.69 Å². The van der Waals surface area contributed by atoms with Crippen molar-refractivity contribution in [2.24, 2.45) is 0 Å². The molecule has 1 heterocycles. The van der Waals surface area contributed by atoms with E-state index >= 15 is 0 Å². The van der Waals surface area contributed by atoms with Crippen LogP contribution in [0.25, 0.3) is 0 Å². The van der Waals surface area contributed by atoms with Gasteiger partial charge in [-0.15, -0.1) is 0 Å². The highest BCUT2D eigenvalue weighted by molar-refractivity contribution is 6.15. The van der Waals surface area contributed by atoms with Gasteiger partial charge in [0.15, 0.2) is 5.57 Å². The fourth-order valence-electron chi connectivity index (χ4n) is 1.74. The number of hydrogen-bond donors (Lipinski definition) is 1. The van der Waals surface area contributed by atoms with Gasteiger partial charge in [0.05, 0.1) is 7.11 Å². The van der Waals surface area contributed by atoms with E-state index in [0.29, 0.717) is 17.9 Å². The molecule has 0 saturated carbocycles. The number of nitrogens with one attached hydrogen (secondary N) is 1. The fraction of sp³-hybridized carbons (Fsp3) is 0.333. The summed E-state index contributed by atoms with van der Waals surface area (Å²) in [6, 6.07) is 7.07. The van der Waals surface area contributed by atoms with Crippen molar-refractivity contribution in [1.82, 2.24) is 0 Å². The summed E-state index contributed by atoms with van der Waals surface area (Å²) in [7, 11) is 1.55. The average molecular weight is 291 g/mol. The van der Waals surface area contributed by atoms with E-state index in [9.17, 15) is 9.59 Å².